The standard InChI is InChI=1S/C10H18.C2H6/c1-8-6-9-4-2-3-5-10(9)7-8;1-2/h8-10H,2-7H2,1H3;1-2H3. The molecule has 2 saturated carbocycles. The van der Waals surface area contributed by atoms with E-state index in [4.69, 9.17) is 0 Å². The van der Waals surface area contributed by atoms with E-state index in [0.717, 1.165) is 17.8 Å². The van der Waals surface area contributed by atoms with E-state index in [1.807, 2.05) is 13.8 Å². The molecule has 0 radical (unpaired) electrons. The summed E-state index contributed by atoms with van der Waals surface area (Å²) < 4.78 is 0. The van der Waals surface area contributed by atoms with Gasteiger partial charge < -0.3 is 0 Å². The fraction of sp³-hybridized carbons (Fsp3) is 1.00. The molecule has 0 nitrogen and oxygen atoms in total. The Kier molecular flexibility index (Phi) is 4.11. The Bertz CT molecular complexity index is 103. The van der Waals surface area contributed by atoms with Crippen LogP contribution in [0.5, 0.6) is 0 Å². The van der Waals surface area contributed by atoms with Crippen molar-refractivity contribution in [3.05, 3.63) is 0 Å². The quantitative estimate of drug-likeness (QED) is 0.507. The minimum Gasteiger partial charge on any atom is -0.0683 e. The first-order valence-corrected chi connectivity index (χ1v) is 5.86. The van der Waals surface area contributed by atoms with Gasteiger partial charge >= 0.3 is 0 Å². The zero-order chi connectivity index (χ0) is 8.97. The van der Waals surface area contributed by atoms with Crippen LogP contribution in [0.1, 0.15) is 59.3 Å². The monoisotopic (exact) mass is 168 g/mol. The third-order valence-electron chi connectivity index (χ3n) is 3.48. The van der Waals surface area contributed by atoms with Crippen LogP contribution in [0.2, 0.25) is 0 Å². The minimum atomic E-state index is 1.05. The van der Waals surface area contributed by atoms with Crippen LogP contribution in [0.4, 0.5) is 0 Å². The molecule has 0 aromatic heterocycles. The molecule has 0 saturated heterocycles. The molecule has 0 bridgehead atoms. The zero-order valence-electron chi connectivity index (χ0n) is 8.97. The van der Waals surface area contributed by atoms with Crippen LogP contribution in [-0.4, -0.2) is 0 Å². The van der Waals surface area contributed by atoms with E-state index in [9.17, 15) is 0 Å². The molecular formula is C12H24. The molecule has 2 aliphatic rings. The maximum atomic E-state index is 2.43. The summed E-state index contributed by atoms with van der Waals surface area (Å²) in [5, 5.41) is 0. The van der Waals surface area contributed by atoms with Crippen LogP contribution >= 0.6 is 0 Å². The number of hydrogen-bond acceptors (Lipinski definition) is 0. The van der Waals surface area contributed by atoms with E-state index < -0.39 is 0 Å². The summed E-state index contributed by atoms with van der Waals surface area (Å²) in [6.45, 7) is 6.43. The second kappa shape index (κ2) is 4.89. The average Bonchev–Trinajstić information content (AvgIpc) is 2.48. The van der Waals surface area contributed by atoms with E-state index in [0.29, 0.717) is 0 Å². The molecule has 2 fully saturated rings. The fourth-order valence-corrected chi connectivity index (χ4v) is 3.03. The van der Waals surface area contributed by atoms with Gasteiger partial charge in [-0.2, -0.15) is 0 Å². The van der Waals surface area contributed by atoms with E-state index in [2.05, 4.69) is 6.92 Å². The number of hydrogen-bond donors (Lipinski definition) is 0. The number of fused-ring (bicyclic) bond motifs is 1. The van der Waals surface area contributed by atoms with Gasteiger partial charge in [0.1, 0.15) is 0 Å². The van der Waals surface area contributed by atoms with Crippen molar-refractivity contribution in [3.63, 3.8) is 0 Å². The summed E-state index contributed by atoms with van der Waals surface area (Å²) in [6.07, 6.45) is 9.24. The van der Waals surface area contributed by atoms with Gasteiger partial charge in [0.25, 0.3) is 0 Å². The van der Waals surface area contributed by atoms with Crippen molar-refractivity contribution in [2.24, 2.45) is 17.8 Å². The first-order chi connectivity index (χ1) is 5.86. The van der Waals surface area contributed by atoms with Crippen LogP contribution in [0, 0.1) is 17.8 Å². The Morgan fingerprint density at radius 2 is 1.25 bits per heavy atom. The van der Waals surface area contributed by atoms with E-state index in [1.54, 1.807) is 25.7 Å². The molecule has 2 unspecified atom stereocenters. The third-order valence-corrected chi connectivity index (χ3v) is 3.48. The predicted octanol–water partition coefficient (Wildman–Crippen LogP) is 4.25. The Morgan fingerprint density at radius 3 is 1.67 bits per heavy atom. The Labute approximate surface area is 77.7 Å². The molecule has 12 heavy (non-hydrogen) atoms. The Balaban J connectivity index is 0.000000336. The molecule has 2 aliphatic carbocycles. The van der Waals surface area contributed by atoms with E-state index in [-0.39, 0.29) is 0 Å². The summed E-state index contributed by atoms with van der Waals surface area (Å²) in [4.78, 5) is 0. The summed E-state index contributed by atoms with van der Waals surface area (Å²) in [6, 6.07) is 0. The van der Waals surface area contributed by atoms with Crippen LogP contribution in [0.3, 0.4) is 0 Å². The first-order valence-electron chi connectivity index (χ1n) is 5.86. The molecule has 0 aromatic rings. The molecule has 0 aliphatic heterocycles. The second-order valence-electron chi connectivity index (χ2n) is 4.38. The molecule has 0 heterocycles. The van der Waals surface area contributed by atoms with Gasteiger partial charge in [0.2, 0.25) is 0 Å². The van der Waals surface area contributed by atoms with E-state index in [1.165, 1.54) is 12.8 Å². The lowest BCUT2D eigenvalue weighted by molar-refractivity contribution is 0.277. The smallest absolute Gasteiger partial charge is 0.0383 e. The highest BCUT2D eigenvalue weighted by Crippen LogP contribution is 2.44. The summed E-state index contributed by atoms with van der Waals surface area (Å²) >= 11 is 0. The largest absolute Gasteiger partial charge is 0.0683 e. The van der Waals surface area contributed by atoms with Crippen LogP contribution in [0.15, 0.2) is 0 Å². The molecule has 0 heteroatoms. The minimum absolute atomic E-state index is 1.05. The topological polar surface area (TPSA) is 0 Å². The molecule has 0 aromatic carbocycles. The SMILES string of the molecule is CC.CC1CC2CCCCC2C1. The molecule has 72 valence electrons. The number of rotatable bonds is 0. The van der Waals surface area contributed by atoms with Crippen molar-refractivity contribution in [1.29, 1.82) is 0 Å². The maximum absolute atomic E-state index is 2.43. The zero-order valence-corrected chi connectivity index (χ0v) is 8.97. The molecule has 2 atom stereocenters. The lowest BCUT2D eigenvalue weighted by atomic mass is 9.82. The highest BCUT2D eigenvalue weighted by Gasteiger charge is 2.32. The van der Waals surface area contributed by atoms with Gasteiger partial charge in [-0.05, 0) is 30.6 Å². The maximum Gasteiger partial charge on any atom is -0.0383 e. The van der Waals surface area contributed by atoms with Crippen molar-refractivity contribution in [1.82, 2.24) is 0 Å². The van der Waals surface area contributed by atoms with Crippen molar-refractivity contribution < 1.29 is 0 Å². The van der Waals surface area contributed by atoms with Gasteiger partial charge in [0, 0.05) is 0 Å². The molecule has 0 N–H and O–H groups in total. The van der Waals surface area contributed by atoms with Gasteiger partial charge in [0.15, 0.2) is 0 Å². The lowest BCUT2D eigenvalue weighted by Crippen LogP contribution is -2.12. The van der Waals surface area contributed by atoms with Gasteiger partial charge in [-0.15, -0.1) is 0 Å². The average molecular weight is 168 g/mol. The highest BCUT2D eigenvalue weighted by atomic mass is 14.4. The lowest BCUT2D eigenvalue weighted by Gasteiger charge is -2.24. The Hall–Kier alpha value is 0. The van der Waals surface area contributed by atoms with Gasteiger partial charge in [-0.1, -0.05) is 46.5 Å². The normalized spacial score (nSPS) is 39.8. The van der Waals surface area contributed by atoms with Gasteiger partial charge in [-0.3, -0.25) is 0 Å². The van der Waals surface area contributed by atoms with Crippen molar-refractivity contribution in [2.75, 3.05) is 0 Å². The van der Waals surface area contributed by atoms with E-state index >= 15 is 0 Å². The van der Waals surface area contributed by atoms with Crippen LogP contribution < -0.4 is 0 Å². The van der Waals surface area contributed by atoms with Crippen molar-refractivity contribution >= 4 is 0 Å². The predicted molar refractivity (Wildman–Crippen MR) is 55.2 cm³/mol. The fourth-order valence-electron chi connectivity index (χ4n) is 3.03. The van der Waals surface area contributed by atoms with Crippen molar-refractivity contribution in [2.45, 2.75) is 59.3 Å². The second-order valence-corrected chi connectivity index (χ2v) is 4.38. The van der Waals surface area contributed by atoms with Crippen LogP contribution in [0.25, 0.3) is 0 Å². The van der Waals surface area contributed by atoms with Gasteiger partial charge in [0.05, 0.1) is 0 Å². The molecule has 0 spiro atoms. The summed E-state index contributed by atoms with van der Waals surface area (Å²) in [7, 11) is 0. The molecule has 0 amide bonds. The highest BCUT2D eigenvalue weighted by molar-refractivity contribution is 4.84. The first kappa shape index (κ1) is 10.1. The molecule has 2 rings (SSSR count). The van der Waals surface area contributed by atoms with Crippen LogP contribution in [-0.2, 0) is 0 Å². The third kappa shape index (κ3) is 2.24. The summed E-state index contributed by atoms with van der Waals surface area (Å²) in [5.74, 6) is 3.33. The molecular weight excluding hydrogens is 144 g/mol. The van der Waals surface area contributed by atoms with Crippen molar-refractivity contribution in [3.8, 4) is 0 Å². The van der Waals surface area contributed by atoms with Gasteiger partial charge in [-0.25, -0.2) is 0 Å². The summed E-state index contributed by atoms with van der Waals surface area (Å²) in [5.41, 5.74) is 0. The Morgan fingerprint density at radius 1 is 0.833 bits per heavy atom.